The number of nitrogens with two attached hydrogens (primary N) is 1. The molecule has 2 N–H and O–H groups in total. The Morgan fingerprint density at radius 3 is 2.47 bits per heavy atom. The van der Waals surface area contributed by atoms with Crippen LogP contribution in [-0.2, 0) is 7.05 Å². The summed E-state index contributed by atoms with van der Waals surface area (Å²) in [6, 6.07) is 7.91. The van der Waals surface area contributed by atoms with Gasteiger partial charge in [0.2, 0.25) is 0 Å². The summed E-state index contributed by atoms with van der Waals surface area (Å²) in [5, 5.41) is 0.982. The van der Waals surface area contributed by atoms with Crippen molar-refractivity contribution in [3.63, 3.8) is 0 Å². The summed E-state index contributed by atoms with van der Waals surface area (Å²) in [7, 11) is 1.97. The first-order valence-corrected chi connectivity index (χ1v) is 5.71. The molecule has 3 nitrogen and oxygen atoms in total. The molecule has 0 saturated carbocycles. The predicted octanol–water partition coefficient (Wildman–Crippen LogP) is 2.41. The highest BCUT2D eigenvalue weighted by Gasteiger charge is 2.28. The summed E-state index contributed by atoms with van der Waals surface area (Å²) in [5.41, 5.74) is 7.86. The third kappa shape index (κ3) is 1.76. The largest absolute Gasteiger partial charge is 0.347 e. The van der Waals surface area contributed by atoms with E-state index in [0.717, 1.165) is 22.2 Å². The van der Waals surface area contributed by atoms with Crippen molar-refractivity contribution in [1.29, 1.82) is 0 Å². The Bertz CT molecular complexity index is 588. The summed E-state index contributed by atoms with van der Waals surface area (Å²) >= 11 is 0. The zero-order valence-corrected chi connectivity index (χ0v) is 10.7. The molecular weight excluding hydrogens is 212 g/mol. The van der Waals surface area contributed by atoms with E-state index in [1.807, 2.05) is 42.8 Å². The van der Waals surface area contributed by atoms with Crippen LogP contribution in [0.2, 0.25) is 0 Å². The van der Waals surface area contributed by atoms with Crippen molar-refractivity contribution >= 4 is 16.7 Å². The molecule has 2 rings (SSSR count). The molecular formula is C14H18N2O. The topological polar surface area (TPSA) is 48.0 Å². The molecule has 0 amide bonds. The summed E-state index contributed by atoms with van der Waals surface area (Å²) in [6.07, 6.45) is 0. The number of Topliss-reactive ketones (excluding diaryl/α,β-unsaturated/α-hetero) is 1. The van der Waals surface area contributed by atoms with E-state index in [9.17, 15) is 4.79 Å². The highest BCUT2D eigenvalue weighted by molar-refractivity contribution is 6.13. The van der Waals surface area contributed by atoms with Gasteiger partial charge >= 0.3 is 0 Å². The average molecular weight is 230 g/mol. The third-order valence-corrected chi connectivity index (χ3v) is 3.21. The van der Waals surface area contributed by atoms with Crippen molar-refractivity contribution in [3.8, 4) is 0 Å². The molecule has 0 saturated heterocycles. The van der Waals surface area contributed by atoms with Crippen molar-refractivity contribution < 1.29 is 4.79 Å². The average Bonchev–Trinajstić information content (AvgIpc) is 2.51. The highest BCUT2D eigenvalue weighted by Crippen LogP contribution is 2.27. The molecule has 1 heterocycles. The first-order chi connectivity index (χ1) is 7.84. The van der Waals surface area contributed by atoms with Crippen LogP contribution in [0.3, 0.4) is 0 Å². The van der Waals surface area contributed by atoms with Gasteiger partial charge in [-0.25, -0.2) is 0 Å². The van der Waals surface area contributed by atoms with Crippen molar-refractivity contribution in [2.45, 2.75) is 26.3 Å². The van der Waals surface area contributed by atoms with Gasteiger partial charge in [0.25, 0.3) is 0 Å². The second-order valence-electron chi connectivity index (χ2n) is 5.09. The molecule has 17 heavy (non-hydrogen) atoms. The van der Waals surface area contributed by atoms with Crippen molar-refractivity contribution in [1.82, 2.24) is 4.57 Å². The number of rotatable bonds is 2. The second-order valence-corrected chi connectivity index (χ2v) is 5.09. The monoisotopic (exact) mass is 230 g/mol. The molecule has 1 aromatic heterocycles. The van der Waals surface area contributed by atoms with Crippen molar-refractivity contribution in [2.24, 2.45) is 12.8 Å². The predicted molar refractivity (Wildman–Crippen MR) is 70.3 cm³/mol. The number of aryl methyl sites for hydroxylation is 1. The molecule has 0 atom stereocenters. The van der Waals surface area contributed by atoms with E-state index < -0.39 is 5.54 Å². The molecule has 0 aliphatic heterocycles. The van der Waals surface area contributed by atoms with Gasteiger partial charge in [-0.2, -0.15) is 0 Å². The smallest absolute Gasteiger partial charge is 0.184 e. The second kappa shape index (κ2) is 3.70. The molecule has 0 bridgehead atoms. The van der Waals surface area contributed by atoms with E-state index in [1.54, 1.807) is 13.8 Å². The van der Waals surface area contributed by atoms with Crippen LogP contribution in [0.4, 0.5) is 0 Å². The van der Waals surface area contributed by atoms with Gasteiger partial charge in [0.05, 0.1) is 5.54 Å². The van der Waals surface area contributed by atoms with Crippen LogP contribution in [0.15, 0.2) is 24.3 Å². The number of ketones is 1. The summed E-state index contributed by atoms with van der Waals surface area (Å²) in [6.45, 7) is 5.45. The Balaban J connectivity index is 2.78. The fourth-order valence-corrected chi connectivity index (χ4v) is 2.13. The maximum Gasteiger partial charge on any atom is 0.184 e. The number of fused-ring (bicyclic) bond motifs is 1. The van der Waals surface area contributed by atoms with Gasteiger partial charge in [-0.3, -0.25) is 4.79 Å². The van der Waals surface area contributed by atoms with E-state index in [1.165, 1.54) is 0 Å². The van der Waals surface area contributed by atoms with Gasteiger partial charge in [0.1, 0.15) is 0 Å². The van der Waals surface area contributed by atoms with Gasteiger partial charge in [0, 0.05) is 29.2 Å². The van der Waals surface area contributed by atoms with Crippen LogP contribution < -0.4 is 5.73 Å². The highest BCUT2D eigenvalue weighted by atomic mass is 16.1. The standard InChI is InChI=1S/C14H18N2O/c1-9-12(13(17)14(2,3)15)10-7-5-6-8-11(10)16(9)4/h5-8H,15H2,1-4H3. The quantitative estimate of drug-likeness (QED) is 0.805. The van der Waals surface area contributed by atoms with E-state index in [2.05, 4.69) is 0 Å². The number of nitrogens with zero attached hydrogens (tertiary/aromatic N) is 1. The lowest BCUT2D eigenvalue weighted by molar-refractivity contribution is 0.0914. The zero-order valence-electron chi connectivity index (χ0n) is 10.7. The van der Waals surface area contributed by atoms with Gasteiger partial charge in [-0.15, -0.1) is 0 Å². The summed E-state index contributed by atoms with van der Waals surface area (Å²) < 4.78 is 2.04. The van der Waals surface area contributed by atoms with Crippen molar-refractivity contribution in [2.75, 3.05) is 0 Å². The zero-order chi connectivity index (χ0) is 12.8. The van der Waals surface area contributed by atoms with E-state index >= 15 is 0 Å². The first-order valence-electron chi connectivity index (χ1n) is 5.71. The van der Waals surface area contributed by atoms with Crippen LogP contribution in [0, 0.1) is 6.92 Å². The van der Waals surface area contributed by atoms with Crippen LogP contribution in [0.1, 0.15) is 29.9 Å². The lowest BCUT2D eigenvalue weighted by Gasteiger charge is -2.17. The molecule has 3 heteroatoms. The fraction of sp³-hybridized carbons (Fsp3) is 0.357. The molecule has 90 valence electrons. The van der Waals surface area contributed by atoms with Crippen molar-refractivity contribution in [3.05, 3.63) is 35.5 Å². The molecule has 1 aromatic carbocycles. The minimum absolute atomic E-state index is 0.00759. The molecule has 2 aromatic rings. The lowest BCUT2D eigenvalue weighted by Crippen LogP contribution is -2.41. The lowest BCUT2D eigenvalue weighted by atomic mass is 9.92. The van der Waals surface area contributed by atoms with Gasteiger partial charge in [0.15, 0.2) is 5.78 Å². The molecule has 0 unspecified atom stereocenters. The first kappa shape index (κ1) is 11.9. The van der Waals surface area contributed by atoms with E-state index in [-0.39, 0.29) is 5.78 Å². The Morgan fingerprint density at radius 2 is 1.88 bits per heavy atom. The maximum atomic E-state index is 12.4. The number of carbonyl (C=O) groups is 1. The Hall–Kier alpha value is -1.61. The Kier molecular flexibility index (Phi) is 2.59. The minimum atomic E-state index is -0.838. The number of aromatic nitrogens is 1. The molecule has 0 spiro atoms. The van der Waals surface area contributed by atoms with Gasteiger partial charge in [-0.1, -0.05) is 18.2 Å². The molecule has 0 aliphatic carbocycles. The van der Waals surface area contributed by atoms with Gasteiger partial charge in [-0.05, 0) is 26.8 Å². The van der Waals surface area contributed by atoms with Crippen LogP contribution >= 0.6 is 0 Å². The number of benzene rings is 1. The summed E-state index contributed by atoms with van der Waals surface area (Å²) in [4.78, 5) is 12.4. The Labute approximate surface area is 101 Å². The van der Waals surface area contributed by atoms with E-state index in [4.69, 9.17) is 5.73 Å². The normalized spacial score (nSPS) is 12.1. The SMILES string of the molecule is Cc1c(C(=O)C(C)(C)N)c2ccccc2n1C. The van der Waals surface area contributed by atoms with Gasteiger partial charge < -0.3 is 10.3 Å². The Morgan fingerprint density at radius 1 is 1.29 bits per heavy atom. The fourth-order valence-electron chi connectivity index (χ4n) is 2.13. The number of carbonyl (C=O) groups excluding carboxylic acids is 1. The molecule has 0 radical (unpaired) electrons. The maximum absolute atomic E-state index is 12.4. The summed E-state index contributed by atoms with van der Waals surface area (Å²) in [5.74, 6) is -0.00759. The number of hydrogen-bond donors (Lipinski definition) is 1. The number of para-hydroxylation sites is 1. The van der Waals surface area contributed by atoms with Crippen LogP contribution in [-0.4, -0.2) is 15.9 Å². The molecule has 0 fully saturated rings. The minimum Gasteiger partial charge on any atom is -0.347 e. The molecule has 0 aliphatic rings. The van der Waals surface area contributed by atoms with Crippen LogP contribution in [0.25, 0.3) is 10.9 Å². The van der Waals surface area contributed by atoms with E-state index in [0.29, 0.717) is 0 Å². The number of hydrogen-bond acceptors (Lipinski definition) is 2. The third-order valence-electron chi connectivity index (χ3n) is 3.21. The van der Waals surface area contributed by atoms with Crippen LogP contribution in [0.5, 0.6) is 0 Å².